The van der Waals surface area contributed by atoms with Gasteiger partial charge in [0.15, 0.2) is 10.6 Å². The number of nitrogens with zero attached hydrogens (tertiary/aromatic N) is 3. The normalized spacial score (nSPS) is 10.9. The number of methoxy groups -OCH3 is 1. The predicted octanol–water partition coefficient (Wildman–Crippen LogP) is 3.49. The van der Waals surface area contributed by atoms with Crippen molar-refractivity contribution in [3.05, 3.63) is 68.8 Å². The lowest BCUT2D eigenvalue weighted by molar-refractivity contribution is 0.292. The summed E-state index contributed by atoms with van der Waals surface area (Å²) in [5.74, 6) is 1.48. The van der Waals surface area contributed by atoms with E-state index in [0.29, 0.717) is 23.0 Å². The van der Waals surface area contributed by atoms with Crippen molar-refractivity contribution >= 4 is 33.8 Å². The fraction of sp³-hybridized carbons (Fsp3) is 0.111. The topological polar surface area (TPSA) is 82.0 Å². The number of thiophene rings is 1. The van der Waals surface area contributed by atoms with Crippen molar-refractivity contribution in [3.8, 4) is 17.4 Å². The van der Waals surface area contributed by atoms with E-state index in [1.165, 1.54) is 28.3 Å². The first-order chi connectivity index (χ1) is 13.2. The molecule has 0 amide bonds. The van der Waals surface area contributed by atoms with E-state index in [0.717, 1.165) is 16.8 Å². The Labute approximate surface area is 162 Å². The molecule has 1 aromatic carbocycles. The van der Waals surface area contributed by atoms with Crippen molar-refractivity contribution in [1.29, 1.82) is 0 Å². The molecule has 4 rings (SSSR count). The van der Waals surface area contributed by atoms with Gasteiger partial charge < -0.3 is 14.5 Å². The number of hydrogen-bond acceptors (Lipinski definition) is 7. The van der Waals surface area contributed by atoms with Crippen LogP contribution in [0.4, 0.5) is 0 Å². The summed E-state index contributed by atoms with van der Waals surface area (Å²) >= 11 is 6.64. The minimum absolute atomic E-state index is 0.218. The lowest BCUT2D eigenvalue weighted by atomic mass is 10.2. The van der Waals surface area contributed by atoms with Crippen LogP contribution in [-0.2, 0) is 6.61 Å². The average molecular weight is 398 g/mol. The van der Waals surface area contributed by atoms with Crippen molar-refractivity contribution < 1.29 is 9.47 Å². The Hall–Kier alpha value is -3.04. The minimum Gasteiger partial charge on any atom is -0.497 e. The summed E-state index contributed by atoms with van der Waals surface area (Å²) in [6.45, 7) is 0.346. The Morgan fingerprint density at radius 1 is 1.19 bits per heavy atom. The highest BCUT2D eigenvalue weighted by atomic mass is 32.1. The number of rotatable bonds is 5. The van der Waals surface area contributed by atoms with Gasteiger partial charge in [-0.25, -0.2) is 14.5 Å². The van der Waals surface area contributed by atoms with Crippen LogP contribution in [-0.4, -0.2) is 26.6 Å². The molecule has 1 N–H and O–H groups in total. The van der Waals surface area contributed by atoms with Crippen LogP contribution in [0.25, 0.3) is 16.0 Å². The molecule has 27 heavy (non-hydrogen) atoms. The molecule has 0 spiro atoms. The fourth-order valence-electron chi connectivity index (χ4n) is 2.52. The van der Waals surface area contributed by atoms with Gasteiger partial charge in [-0.2, -0.15) is 0 Å². The van der Waals surface area contributed by atoms with E-state index in [4.69, 9.17) is 21.7 Å². The van der Waals surface area contributed by atoms with Crippen LogP contribution in [0.15, 0.2) is 52.9 Å². The van der Waals surface area contributed by atoms with Crippen LogP contribution in [0.3, 0.4) is 0 Å². The second kappa shape index (κ2) is 7.29. The van der Waals surface area contributed by atoms with Gasteiger partial charge in [0.2, 0.25) is 5.88 Å². The third kappa shape index (κ3) is 3.46. The Morgan fingerprint density at radius 2 is 2.00 bits per heavy atom. The summed E-state index contributed by atoms with van der Waals surface area (Å²) in [7, 11) is 1.62. The van der Waals surface area contributed by atoms with Crippen molar-refractivity contribution in [2.45, 2.75) is 6.61 Å². The molecule has 0 saturated carbocycles. The first-order valence-corrected chi connectivity index (χ1v) is 9.25. The monoisotopic (exact) mass is 398 g/mol. The molecule has 0 unspecified atom stereocenters. The Balaban J connectivity index is 1.55. The van der Waals surface area contributed by atoms with Crippen molar-refractivity contribution in [2.75, 3.05) is 7.11 Å². The molecule has 7 nitrogen and oxygen atoms in total. The molecule has 0 aliphatic carbocycles. The third-order valence-corrected chi connectivity index (χ3v) is 5.08. The molecule has 3 aromatic heterocycles. The predicted molar refractivity (Wildman–Crippen MR) is 106 cm³/mol. The Bertz CT molecular complexity index is 1190. The Kier molecular flexibility index (Phi) is 4.69. The number of aromatic amines is 1. The van der Waals surface area contributed by atoms with E-state index in [9.17, 15) is 4.79 Å². The van der Waals surface area contributed by atoms with Crippen LogP contribution in [0.1, 0.15) is 5.56 Å². The average Bonchev–Trinajstić information content (AvgIpc) is 3.16. The fourth-order valence-corrected chi connectivity index (χ4v) is 3.59. The Morgan fingerprint density at radius 3 is 2.70 bits per heavy atom. The molecule has 3 heterocycles. The van der Waals surface area contributed by atoms with Crippen LogP contribution in [0.5, 0.6) is 11.6 Å². The molecule has 4 aromatic rings. The second-order valence-corrected chi connectivity index (χ2v) is 6.89. The third-order valence-electron chi connectivity index (χ3n) is 3.90. The molecule has 0 bridgehead atoms. The van der Waals surface area contributed by atoms with E-state index in [1.807, 2.05) is 35.7 Å². The summed E-state index contributed by atoms with van der Waals surface area (Å²) in [4.78, 5) is 24.2. The number of hydrogen-bond donors (Lipinski definition) is 1. The van der Waals surface area contributed by atoms with Gasteiger partial charge in [0.25, 0.3) is 5.56 Å². The van der Waals surface area contributed by atoms with E-state index in [-0.39, 0.29) is 10.3 Å². The number of fused-ring (bicyclic) bond motifs is 1. The molecule has 0 fully saturated rings. The van der Waals surface area contributed by atoms with Crippen molar-refractivity contribution in [1.82, 2.24) is 19.5 Å². The molecular weight excluding hydrogens is 384 g/mol. The summed E-state index contributed by atoms with van der Waals surface area (Å²) < 4.78 is 13.0. The number of nitrogens with one attached hydrogen (secondary N) is 1. The smallest absolute Gasteiger partial charge is 0.278 e. The van der Waals surface area contributed by atoms with Gasteiger partial charge in [0.05, 0.1) is 25.0 Å². The van der Waals surface area contributed by atoms with E-state index in [1.54, 1.807) is 7.11 Å². The lowest BCUT2D eigenvalue weighted by Gasteiger charge is -2.08. The molecule has 0 radical (unpaired) electrons. The molecule has 0 aliphatic rings. The van der Waals surface area contributed by atoms with Gasteiger partial charge >= 0.3 is 0 Å². The standard InChI is InChI=1S/C18H14N4O3S2/c1-24-12-4-2-11(3-5-12)10-25-15-9-19-14(8-20-15)22-17(23)16-13(6-7-27-16)21-18(22)26/h2-9H,10H2,1H3,(H,21,26). The van der Waals surface area contributed by atoms with E-state index in [2.05, 4.69) is 15.0 Å². The molecule has 9 heteroatoms. The highest BCUT2D eigenvalue weighted by molar-refractivity contribution is 7.71. The van der Waals surface area contributed by atoms with Gasteiger partial charge in [-0.05, 0) is 41.4 Å². The lowest BCUT2D eigenvalue weighted by Crippen LogP contribution is -2.20. The van der Waals surface area contributed by atoms with Gasteiger partial charge in [0, 0.05) is 0 Å². The number of ether oxygens (including phenoxy) is 2. The number of H-pyrrole nitrogens is 1. The minimum atomic E-state index is -0.218. The van der Waals surface area contributed by atoms with Crippen LogP contribution in [0, 0.1) is 4.77 Å². The first-order valence-electron chi connectivity index (χ1n) is 7.96. The maximum Gasteiger partial charge on any atom is 0.278 e. The van der Waals surface area contributed by atoms with E-state index >= 15 is 0 Å². The zero-order valence-electron chi connectivity index (χ0n) is 14.2. The maximum atomic E-state index is 12.6. The zero-order valence-corrected chi connectivity index (χ0v) is 15.8. The van der Waals surface area contributed by atoms with Crippen LogP contribution < -0.4 is 15.0 Å². The largest absolute Gasteiger partial charge is 0.497 e. The summed E-state index contributed by atoms with van der Waals surface area (Å²) in [5.41, 5.74) is 1.48. The summed E-state index contributed by atoms with van der Waals surface area (Å²) in [6.07, 6.45) is 2.94. The maximum absolute atomic E-state index is 12.6. The molecule has 0 atom stereocenters. The molecule has 136 valence electrons. The van der Waals surface area contributed by atoms with Gasteiger partial charge in [-0.1, -0.05) is 12.1 Å². The summed E-state index contributed by atoms with van der Waals surface area (Å²) in [6, 6.07) is 9.37. The SMILES string of the molecule is COc1ccc(COc2cnc(-n3c(=S)[nH]c4ccsc4c3=O)cn2)cc1. The van der Waals surface area contributed by atoms with E-state index < -0.39 is 0 Å². The molecular formula is C18H14N4O3S2. The first kappa shape index (κ1) is 17.4. The second-order valence-electron chi connectivity index (χ2n) is 5.58. The zero-order chi connectivity index (χ0) is 18.8. The van der Waals surface area contributed by atoms with Crippen molar-refractivity contribution in [3.63, 3.8) is 0 Å². The number of benzene rings is 1. The molecule has 0 saturated heterocycles. The molecule has 0 aliphatic heterocycles. The van der Waals surface area contributed by atoms with Gasteiger partial charge in [-0.3, -0.25) is 4.79 Å². The van der Waals surface area contributed by atoms with Gasteiger partial charge in [-0.15, -0.1) is 11.3 Å². The van der Waals surface area contributed by atoms with Crippen molar-refractivity contribution in [2.24, 2.45) is 0 Å². The highest BCUT2D eigenvalue weighted by Gasteiger charge is 2.10. The van der Waals surface area contributed by atoms with Crippen LogP contribution >= 0.6 is 23.6 Å². The van der Waals surface area contributed by atoms with Crippen LogP contribution in [0.2, 0.25) is 0 Å². The van der Waals surface area contributed by atoms with Gasteiger partial charge in [0.1, 0.15) is 17.1 Å². The summed E-state index contributed by atoms with van der Waals surface area (Å²) in [5, 5.41) is 1.84. The number of aromatic nitrogens is 4. The highest BCUT2D eigenvalue weighted by Crippen LogP contribution is 2.16. The quantitative estimate of drug-likeness (QED) is 0.518.